The van der Waals surface area contributed by atoms with Crippen molar-refractivity contribution in [2.24, 2.45) is 5.92 Å². The molecule has 0 atom stereocenters. The van der Waals surface area contributed by atoms with E-state index in [-0.39, 0.29) is 23.4 Å². The molecule has 146 valence electrons. The summed E-state index contributed by atoms with van der Waals surface area (Å²) in [5.41, 5.74) is 2.24. The summed E-state index contributed by atoms with van der Waals surface area (Å²) < 4.78 is 16.4. The van der Waals surface area contributed by atoms with Gasteiger partial charge < -0.3 is 19.2 Å². The molecule has 6 heteroatoms. The molecule has 0 bridgehead atoms. The second-order valence-corrected chi connectivity index (χ2v) is 6.81. The molecule has 3 rings (SSSR count). The normalized spacial score (nSPS) is 10.9. The van der Waals surface area contributed by atoms with Crippen LogP contribution in [0.15, 0.2) is 40.8 Å². The van der Waals surface area contributed by atoms with Gasteiger partial charge in [-0.05, 0) is 37.3 Å². The van der Waals surface area contributed by atoms with Crippen molar-refractivity contribution in [2.75, 3.05) is 19.5 Å². The quantitative estimate of drug-likeness (QED) is 0.632. The summed E-state index contributed by atoms with van der Waals surface area (Å²) in [5, 5.41) is 3.65. The van der Waals surface area contributed by atoms with Crippen molar-refractivity contribution >= 4 is 28.3 Å². The summed E-state index contributed by atoms with van der Waals surface area (Å²) in [6.45, 7) is 5.48. The van der Waals surface area contributed by atoms with Gasteiger partial charge in [-0.3, -0.25) is 9.59 Å². The van der Waals surface area contributed by atoms with E-state index in [4.69, 9.17) is 13.9 Å². The smallest absolute Gasteiger partial charge is 0.232 e. The number of ether oxygens (including phenoxy) is 2. The molecule has 3 aromatic rings. The first-order chi connectivity index (χ1) is 13.3. The van der Waals surface area contributed by atoms with Crippen molar-refractivity contribution in [1.29, 1.82) is 0 Å². The molecule has 6 nitrogen and oxygen atoms in total. The summed E-state index contributed by atoms with van der Waals surface area (Å²) in [4.78, 5) is 25.1. The van der Waals surface area contributed by atoms with Gasteiger partial charge in [0.25, 0.3) is 0 Å². The molecule has 0 saturated heterocycles. The molecule has 0 fully saturated rings. The number of fused-ring (bicyclic) bond motifs is 1. The molecule has 0 radical (unpaired) electrons. The van der Waals surface area contributed by atoms with Gasteiger partial charge in [-0.25, -0.2) is 0 Å². The highest BCUT2D eigenvalue weighted by molar-refractivity contribution is 6.12. The number of aryl methyl sites for hydroxylation is 1. The molecule has 1 heterocycles. The van der Waals surface area contributed by atoms with E-state index in [1.54, 1.807) is 30.3 Å². The number of hydrogen-bond donors (Lipinski definition) is 1. The van der Waals surface area contributed by atoms with Crippen LogP contribution >= 0.6 is 0 Å². The fourth-order valence-electron chi connectivity index (χ4n) is 2.92. The number of rotatable bonds is 6. The Hall–Kier alpha value is -3.28. The van der Waals surface area contributed by atoms with Crippen molar-refractivity contribution in [3.05, 3.63) is 53.3 Å². The van der Waals surface area contributed by atoms with Crippen LogP contribution in [0, 0.1) is 12.8 Å². The lowest BCUT2D eigenvalue weighted by atomic mass is 10.0. The monoisotopic (exact) mass is 381 g/mol. The Kier molecular flexibility index (Phi) is 5.40. The molecule has 1 N–H and O–H groups in total. The average molecular weight is 381 g/mol. The van der Waals surface area contributed by atoms with E-state index in [9.17, 15) is 9.59 Å². The van der Waals surface area contributed by atoms with Gasteiger partial charge in [0.1, 0.15) is 17.1 Å². The van der Waals surface area contributed by atoms with E-state index in [2.05, 4.69) is 5.32 Å². The number of ketones is 1. The molecule has 28 heavy (non-hydrogen) atoms. The number of methoxy groups -OCH3 is 2. The first-order valence-electron chi connectivity index (χ1n) is 8.96. The van der Waals surface area contributed by atoms with Gasteiger partial charge in [0.15, 0.2) is 5.76 Å². The van der Waals surface area contributed by atoms with E-state index in [1.807, 2.05) is 26.8 Å². The lowest BCUT2D eigenvalue weighted by Gasteiger charge is -2.08. The van der Waals surface area contributed by atoms with Crippen LogP contribution in [0.5, 0.6) is 11.5 Å². The fourth-order valence-corrected chi connectivity index (χ4v) is 2.92. The minimum Gasteiger partial charge on any atom is -0.497 e. The molecule has 1 amide bonds. The molecule has 0 saturated carbocycles. The zero-order valence-corrected chi connectivity index (χ0v) is 16.6. The lowest BCUT2D eigenvalue weighted by Crippen LogP contribution is -2.17. The number of benzene rings is 2. The topological polar surface area (TPSA) is 77.8 Å². The summed E-state index contributed by atoms with van der Waals surface area (Å²) >= 11 is 0. The van der Waals surface area contributed by atoms with Crippen LogP contribution in [-0.2, 0) is 4.79 Å². The third kappa shape index (κ3) is 3.58. The van der Waals surface area contributed by atoms with Gasteiger partial charge >= 0.3 is 0 Å². The van der Waals surface area contributed by atoms with Crippen LogP contribution in [0.4, 0.5) is 5.69 Å². The highest BCUT2D eigenvalue weighted by Gasteiger charge is 2.23. The van der Waals surface area contributed by atoms with Crippen molar-refractivity contribution in [1.82, 2.24) is 0 Å². The molecule has 0 spiro atoms. The fraction of sp³-hybridized carbons (Fsp3) is 0.273. The van der Waals surface area contributed by atoms with Gasteiger partial charge in [-0.1, -0.05) is 13.8 Å². The van der Waals surface area contributed by atoms with Crippen LogP contribution in [0.3, 0.4) is 0 Å². The number of nitrogens with one attached hydrogen (secondary N) is 1. The number of carbonyl (C=O) groups excluding carboxylic acids is 2. The third-order valence-electron chi connectivity index (χ3n) is 4.59. The summed E-state index contributed by atoms with van der Waals surface area (Å²) in [7, 11) is 3.04. The summed E-state index contributed by atoms with van der Waals surface area (Å²) in [6.07, 6.45) is 0. The van der Waals surface area contributed by atoms with Crippen LogP contribution in [-0.4, -0.2) is 25.9 Å². The first-order valence-corrected chi connectivity index (χ1v) is 8.96. The number of hydrogen-bond acceptors (Lipinski definition) is 5. The van der Waals surface area contributed by atoms with Gasteiger partial charge in [-0.15, -0.1) is 0 Å². The van der Waals surface area contributed by atoms with E-state index < -0.39 is 0 Å². The average Bonchev–Trinajstić information content (AvgIpc) is 3.02. The SMILES string of the molecule is COc1ccc(OC)c(C(=O)c2oc3cc(NC(=O)C(C)C)ccc3c2C)c1. The van der Waals surface area contributed by atoms with Crippen molar-refractivity contribution in [3.63, 3.8) is 0 Å². The molecule has 1 aromatic heterocycles. The van der Waals surface area contributed by atoms with E-state index in [0.717, 1.165) is 10.9 Å². The third-order valence-corrected chi connectivity index (χ3v) is 4.59. The summed E-state index contributed by atoms with van der Waals surface area (Å²) in [5.74, 6) is 0.713. The first kappa shape index (κ1) is 19.5. The van der Waals surface area contributed by atoms with Gasteiger partial charge in [-0.2, -0.15) is 0 Å². The maximum atomic E-state index is 13.1. The highest BCUT2D eigenvalue weighted by atomic mass is 16.5. The minimum absolute atomic E-state index is 0.0833. The molecule has 2 aromatic carbocycles. The maximum Gasteiger partial charge on any atom is 0.232 e. The van der Waals surface area contributed by atoms with Crippen LogP contribution in [0.25, 0.3) is 11.0 Å². The number of carbonyl (C=O) groups is 2. The largest absolute Gasteiger partial charge is 0.497 e. The second-order valence-electron chi connectivity index (χ2n) is 6.81. The second kappa shape index (κ2) is 7.76. The molecule has 0 aliphatic carbocycles. The highest BCUT2D eigenvalue weighted by Crippen LogP contribution is 2.32. The standard InChI is InChI=1S/C22H23NO5/c1-12(2)22(25)23-14-6-8-16-13(3)21(28-19(16)10-14)20(24)17-11-15(26-4)7-9-18(17)27-5/h6-12H,1-5H3,(H,23,25). The Balaban J connectivity index is 2.03. The van der Waals surface area contributed by atoms with E-state index >= 15 is 0 Å². The van der Waals surface area contributed by atoms with Crippen LogP contribution < -0.4 is 14.8 Å². The maximum absolute atomic E-state index is 13.1. The molecular formula is C22H23NO5. The zero-order valence-electron chi connectivity index (χ0n) is 16.6. The Morgan fingerprint density at radius 2 is 1.79 bits per heavy atom. The predicted octanol–water partition coefficient (Wildman–Crippen LogP) is 4.58. The Morgan fingerprint density at radius 3 is 2.43 bits per heavy atom. The molecule has 0 aliphatic rings. The Morgan fingerprint density at radius 1 is 1.04 bits per heavy atom. The van der Waals surface area contributed by atoms with Gasteiger partial charge in [0.05, 0.1) is 19.8 Å². The number of anilines is 1. The molecule has 0 unspecified atom stereocenters. The van der Waals surface area contributed by atoms with Crippen LogP contribution in [0.2, 0.25) is 0 Å². The van der Waals surface area contributed by atoms with Crippen molar-refractivity contribution in [2.45, 2.75) is 20.8 Å². The van der Waals surface area contributed by atoms with E-state index in [0.29, 0.717) is 28.3 Å². The van der Waals surface area contributed by atoms with Gasteiger partial charge in [0.2, 0.25) is 11.7 Å². The predicted molar refractivity (Wildman–Crippen MR) is 107 cm³/mol. The van der Waals surface area contributed by atoms with Gasteiger partial charge in [0, 0.05) is 28.6 Å². The Labute approximate surface area is 163 Å². The number of amides is 1. The number of furan rings is 1. The van der Waals surface area contributed by atoms with E-state index in [1.165, 1.54) is 14.2 Å². The lowest BCUT2D eigenvalue weighted by molar-refractivity contribution is -0.118. The summed E-state index contributed by atoms with van der Waals surface area (Å²) in [6, 6.07) is 10.4. The minimum atomic E-state index is -0.294. The Bertz CT molecular complexity index is 1050. The molecule has 0 aliphatic heterocycles. The van der Waals surface area contributed by atoms with Crippen molar-refractivity contribution in [3.8, 4) is 11.5 Å². The van der Waals surface area contributed by atoms with Crippen molar-refractivity contribution < 1.29 is 23.5 Å². The van der Waals surface area contributed by atoms with Crippen LogP contribution in [0.1, 0.15) is 35.5 Å². The zero-order chi connectivity index (χ0) is 20.4. The molecular weight excluding hydrogens is 358 g/mol.